The van der Waals surface area contributed by atoms with E-state index in [1.165, 1.54) is 0 Å². The zero-order valence-electron chi connectivity index (χ0n) is 24.2. The number of hydrogen-bond acceptors (Lipinski definition) is 6. The Morgan fingerprint density at radius 1 is 1.29 bits per heavy atom. The van der Waals surface area contributed by atoms with E-state index in [0.717, 1.165) is 66.0 Å². The molecule has 38 heavy (non-hydrogen) atoms. The molecule has 208 valence electrons. The highest BCUT2D eigenvalue weighted by molar-refractivity contribution is 6.74. The number of ether oxygens (including phenoxy) is 2. The Balaban J connectivity index is 1.66. The Bertz CT molecular complexity index is 1240. The van der Waals surface area contributed by atoms with Crippen LogP contribution in [0.25, 0.3) is 28.1 Å². The molecular weight excluding hydrogens is 494 g/mol. The SMILES string of the molecule is C=Cc1nn(C2CCCCO2)c2ccc(-c3cnn(CCO[Si](C)(C)C(C)(C)C)c3O[C@@H](C)CNC)cc12. The predicted octanol–water partition coefficient (Wildman–Crippen LogP) is 6.25. The molecule has 9 heteroatoms. The zero-order chi connectivity index (χ0) is 27.5. The van der Waals surface area contributed by atoms with Gasteiger partial charge in [0.25, 0.3) is 0 Å². The van der Waals surface area contributed by atoms with E-state index in [9.17, 15) is 0 Å². The van der Waals surface area contributed by atoms with Gasteiger partial charge in [-0.05, 0) is 75.1 Å². The molecule has 0 aliphatic carbocycles. The molecule has 1 fully saturated rings. The van der Waals surface area contributed by atoms with Crippen molar-refractivity contribution in [2.24, 2.45) is 0 Å². The Hall–Kier alpha value is -2.46. The molecule has 8 nitrogen and oxygen atoms in total. The highest BCUT2D eigenvalue weighted by atomic mass is 28.4. The molecule has 1 unspecified atom stereocenters. The largest absolute Gasteiger partial charge is 0.473 e. The monoisotopic (exact) mass is 539 g/mol. The first-order valence-electron chi connectivity index (χ1n) is 13.8. The smallest absolute Gasteiger partial charge is 0.220 e. The molecule has 2 atom stereocenters. The summed E-state index contributed by atoms with van der Waals surface area (Å²) < 4.78 is 22.9. The number of nitrogens with one attached hydrogen (secondary N) is 1. The third-order valence-electron chi connectivity index (χ3n) is 7.84. The van der Waals surface area contributed by atoms with E-state index in [1.54, 1.807) is 0 Å². The van der Waals surface area contributed by atoms with Gasteiger partial charge in [-0.25, -0.2) is 9.36 Å². The first kappa shape index (κ1) is 28.5. The van der Waals surface area contributed by atoms with Crippen molar-refractivity contribution in [1.82, 2.24) is 24.9 Å². The Kier molecular flexibility index (Phi) is 8.81. The first-order chi connectivity index (χ1) is 18.1. The lowest BCUT2D eigenvalue weighted by molar-refractivity contribution is -0.0367. The van der Waals surface area contributed by atoms with Crippen molar-refractivity contribution in [2.75, 3.05) is 26.8 Å². The summed E-state index contributed by atoms with van der Waals surface area (Å²) in [6.07, 6.45) is 6.90. The number of benzene rings is 1. The Labute approximate surface area is 228 Å². The van der Waals surface area contributed by atoms with Gasteiger partial charge in [0.1, 0.15) is 6.10 Å². The minimum Gasteiger partial charge on any atom is -0.473 e. The molecule has 0 bridgehead atoms. The summed E-state index contributed by atoms with van der Waals surface area (Å²) in [6, 6.07) is 6.42. The topological polar surface area (TPSA) is 75.4 Å². The first-order valence-corrected chi connectivity index (χ1v) is 16.7. The Morgan fingerprint density at radius 3 is 2.74 bits per heavy atom. The van der Waals surface area contributed by atoms with E-state index in [4.69, 9.17) is 24.1 Å². The molecule has 0 radical (unpaired) electrons. The molecule has 1 aliphatic rings. The van der Waals surface area contributed by atoms with Crippen molar-refractivity contribution in [2.45, 2.75) is 84.0 Å². The van der Waals surface area contributed by atoms with E-state index < -0.39 is 8.32 Å². The fourth-order valence-electron chi connectivity index (χ4n) is 4.60. The van der Waals surface area contributed by atoms with Crippen LogP contribution < -0.4 is 10.1 Å². The molecule has 3 heterocycles. The minimum atomic E-state index is -1.85. The van der Waals surface area contributed by atoms with Crippen LogP contribution in [0.5, 0.6) is 5.88 Å². The highest BCUT2D eigenvalue weighted by Crippen LogP contribution is 2.38. The van der Waals surface area contributed by atoms with Gasteiger partial charge < -0.3 is 19.2 Å². The summed E-state index contributed by atoms with van der Waals surface area (Å²) in [5.41, 5.74) is 3.90. The van der Waals surface area contributed by atoms with Crippen molar-refractivity contribution < 1.29 is 13.9 Å². The van der Waals surface area contributed by atoms with Gasteiger partial charge in [-0.1, -0.05) is 33.4 Å². The van der Waals surface area contributed by atoms with Gasteiger partial charge in [-0.15, -0.1) is 0 Å². The number of aromatic nitrogens is 4. The van der Waals surface area contributed by atoms with E-state index in [2.05, 4.69) is 70.9 Å². The molecule has 1 aliphatic heterocycles. The van der Waals surface area contributed by atoms with Crippen molar-refractivity contribution in [1.29, 1.82) is 0 Å². The zero-order valence-corrected chi connectivity index (χ0v) is 25.2. The number of hydrogen-bond donors (Lipinski definition) is 1. The van der Waals surface area contributed by atoms with E-state index in [1.807, 2.05) is 28.7 Å². The molecular formula is C29H45N5O3Si. The summed E-state index contributed by atoms with van der Waals surface area (Å²) in [5, 5.41) is 14.0. The lowest BCUT2D eigenvalue weighted by Gasteiger charge is -2.36. The molecule has 4 rings (SSSR count). The molecule has 1 aromatic carbocycles. The van der Waals surface area contributed by atoms with Gasteiger partial charge in [0, 0.05) is 18.5 Å². The van der Waals surface area contributed by atoms with Crippen molar-refractivity contribution in [3.05, 3.63) is 36.7 Å². The number of nitrogens with zero attached hydrogens (tertiary/aromatic N) is 4. The molecule has 0 saturated carbocycles. The third-order valence-corrected chi connectivity index (χ3v) is 12.4. The van der Waals surface area contributed by atoms with E-state index in [-0.39, 0.29) is 17.4 Å². The number of likely N-dealkylation sites (N-methyl/N-ethyl adjacent to an activating group) is 1. The van der Waals surface area contributed by atoms with Crippen LogP contribution in [0.1, 0.15) is 58.9 Å². The predicted molar refractivity (Wildman–Crippen MR) is 157 cm³/mol. The van der Waals surface area contributed by atoms with Crippen LogP contribution in [0.3, 0.4) is 0 Å². The summed E-state index contributed by atoms with van der Waals surface area (Å²) in [4.78, 5) is 0. The second kappa shape index (κ2) is 11.7. The maximum absolute atomic E-state index is 6.46. The molecule has 1 saturated heterocycles. The van der Waals surface area contributed by atoms with Crippen LogP contribution in [-0.2, 0) is 15.7 Å². The van der Waals surface area contributed by atoms with E-state index in [0.29, 0.717) is 13.2 Å². The normalized spacial score (nSPS) is 17.6. The van der Waals surface area contributed by atoms with Crippen LogP contribution in [0.4, 0.5) is 0 Å². The van der Waals surface area contributed by atoms with Gasteiger partial charge in [-0.3, -0.25) is 0 Å². The van der Waals surface area contributed by atoms with Crippen molar-refractivity contribution >= 4 is 25.3 Å². The second-order valence-electron chi connectivity index (χ2n) is 11.8. The quantitative estimate of drug-likeness (QED) is 0.290. The third kappa shape index (κ3) is 6.06. The van der Waals surface area contributed by atoms with Gasteiger partial charge >= 0.3 is 0 Å². The summed E-state index contributed by atoms with van der Waals surface area (Å²) in [5.74, 6) is 0.758. The van der Waals surface area contributed by atoms with Gasteiger partial charge in [0.15, 0.2) is 14.5 Å². The van der Waals surface area contributed by atoms with E-state index >= 15 is 0 Å². The second-order valence-corrected chi connectivity index (χ2v) is 16.6. The van der Waals surface area contributed by atoms with Crippen molar-refractivity contribution in [3.8, 4) is 17.0 Å². The molecule has 1 N–H and O–H groups in total. The van der Waals surface area contributed by atoms with Crippen molar-refractivity contribution in [3.63, 3.8) is 0 Å². The summed E-state index contributed by atoms with van der Waals surface area (Å²) >= 11 is 0. The van der Waals surface area contributed by atoms with Crippen LogP contribution in [0.15, 0.2) is 31.0 Å². The number of fused-ring (bicyclic) bond motifs is 1. The van der Waals surface area contributed by atoms with Gasteiger partial charge in [-0.2, -0.15) is 10.2 Å². The maximum Gasteiger partial charge on any atom is 0.220 e. The summed E-state index contributed by atoms with van der Waals surface area (Å²) in [6.45, 7) is 20.2. The lowest BCUT2D eigenvalue weighted by Crippen LogP contribution is -2.41. The molecule has 3 aromatic rings. The molecule has 0 amide bonds. The Morgan fingerprint density at radius 2 is 2.08 bits per heavy atom. The average molecular weight is 540 g/mol. The van der Waals surface area contributed by atoms with Crippen LogP contribution >= 0.6 is 0 Å². The van der Waals surface area contributed by atoms with Gasteiger partial charge in [0.2, 0.25) is 5.88 Å². The summed E-state index contributed by atoms with van der Waals surface area (Å²) in [7, 11) is 0.0819. The number of rotatable bonds is 11. The lowest BCUT2D eigenvalue weighted by atomic mass is 10.1. The minimum absolute atomic E-state index is 0.0193. The fraction of sp³-hybridized carbons (Fsp3) is 0.586. The van der Waals surface area contributed by atoms with Crippen LogP contribution in [0.2, 0.25) is 18.1 Å². The average Bonchev–Trinajstić information content (AvgIpc) is 3.44. The fourth-order valence-corrected chi connectivity index (χ4v) is 5.63. The highest BCUT2D eigenvalue weighted by Gasteiger charge is 2.37. The molecule has 0 spiro atoms. The molecule has 2 aromatic heterocycles. The van der Waals surface area contributed by atoms with Crippen LogP contribution in [0, 0.1) is 0 Å². The maximum atomic E-state index is 6.46. The van der Waals surface area contributed by atoms with Gasteiger partial charge in [0.05, 0.1) is 36.1 Å². The standard InChI is InChI=1S/C29H45N5O3Si/c1-9-25-23-18-22(13-14-26(23)34(32-25)27-12-10-11-16-35-27)24-20-31-33(28(24)37-21(2)19-30-6)15-17-36-38(7,8)29(3,4)5/h9,13-14,18,20-21,27,30H,1,10-12,15-17,19H2,2-8H3/t21-,27?/m0/s1. The van der Waals surface area contributed by atoms with Crippen LogP contribution in [-0.4, -0.2) is 60.8 Å².